The van der Waals surface area contributed by atoms with Crippen molar-refractivity contribution in [3.8, 4) is 29.4 Å². The number of nitrogens with zero attached hydrogens (tertiary/aromatic N) is 7. The largest absolute Gasteiger partial charge is 0.507 e. The fourth-order valence-electron chi connectivity index (χ4n) is 12.3. The lowest BCUT2D eigenvalue weighted by molar-refractivity contribution is -0.142. The van der Waals surface area contributed by atoms with Crippen molar-refractivity contribution in [2.24, 2.45) is 11.3 Å². The number of terminal acetylenes is 1. The van der Waals surface area contributed by atoms with Gasteiger partial charge >= 0.3 is 6.03 Å². The Morgan fingerprint density at radius 1 is 0.897 bits per heavy atom. The van der Waals surface area contributed by atoms with Crippen LogP contribution in [-0.4, -0.2) is 164 Å². The standard InChI is InChI=1S/C53H72N10O5/c1-6-35-11-13-36(14-12-35)31-54-50(66)45-29-40(64)33-63(45)51(67)48(53(3,4)5)56-52(68)61-27-25-59(26-28-61)32-37-15-17-38(18-16-37)60-22-19-39(20-23-60)62-24-21-43-47(34(62)2)42-30-44(57-58-49(42)55-43)41-9-7-8-10-46(41)65/h1,7-14,30,34,37-40,43,45,47-48,64-65H,15-29,31-33H2,2-5H3,(H,54,66)(H,55,58)(H,56,68)/t34-,37?,38?,40-,43?,45+,47?,48-/m1/s1. The summed E-state index contributed by atoms with van der Waals surface area (Å²) >= 11 is 0. The van der Waals surface area contributed by atoms with E-state index in [0.29, 0.717) is 49.1 Å². The van der Waals surface area contributed by atoms with Crippen LogP contribution in [0.25, 0.3) is 11.3 Å². The Balaban J connectivity index is 0.705. The van der Waals surface area contributed by atoms with Gasteiger partial charge in [0.2, 0.25) is 11.8 Å². The lowest BCUT2D eigenvalue weighted by Crippen LogP contribution is -2.61. The minimum atomic E-state index is -0.878. The number of carbonyl (C=O) groups excluding carboxylic acids is 3. The second-order valence-corrected chi connectivity index (χ2v) is 21.5. The van der Waals surface area contributed by atoms with E-state index in [1.165, 1.54) is 49.0 Å². The first-order chi connectivity index (χ1) is 32.7. The number of para-hydroxylation sites is 1. The Morgan fingerprint density at radius 3 is 2.31 bits per heavy atom. The molecule has 4 amide bonds. The van der Waals surface area contributed by atoms with Gasteiger partial charge in [0, 0.05) is 106 Å². The molecular formula is C53H72N10O5. The average molecular weight is 929 g/mol. The first kappa shape index (κ1) is 47.8. The monoisotopic (exact) mass is 929 g/mol. The van der Waals surface area contributed by atoms with Gasteiger partial charge in [-0.2, -0.15) is 0 Å². The van der Waals surface area contributed by atoms with Gasteiger partial charge in [0.1, 0.15) is 17.8 Å². The molecule has 364 valence electrons. The number of aromatic nitrogens is 2. The highest BCUT2D eigenvalue weighted by molar-refractivity contribution is 5.93. The molecule has 1 aliphatic carbocycles. The molecule has 2 aromatic carbocycles. The van der Waals surface area contributed by atoms with Crippen molar-refractivity contribution in [1.29, 1.82) is 0 Å². The molecule has 3 aromatic rings. The number of nitrogens with one attached hydrogen (secondary N) is 3. The van der Waals surface area contributed by atoms with E-state index in [2.05, 4.69) is 59.8 Å². The Labute approximate surface area is 402 Å². The molecule has 4 saturated heterocycles. The normalized spacial score (nSPS) is 27.7. The summed E-state index contributed by atoms with van der Waals surface area (Å²) in [5.74, 6) is 4.00. The van der Waals surface area contributed by atoms with Crippen molar-refractivity contribution < 1.29 is 24.6 Å². The first-order valence-corrected chi connectivity index (χ1v) is 25.3. The Morgan fingerprint density at radius 2 is 1.62 bits per heavy atom. The maximum Gasteiger partial charge on any atom is 0.318 e. The highest BCUT2D eigenvalue weighted by atomic mass is 16.3. The van der Waals surface area contributed by atoms with Gasteiger partial charge in [-0.15, -0.1) is 16.6 Å². The number of hydrogen-bond acceptors (Lipinski definition) is 11. The number of fused-ring (bicyclic) bond motifs is 3. The van der Waals surface area contributed by atoms with Gasteiger partial charge in [-0.3, -0.25) is 19.4 Å². The van der Waals surface area contributed by atoms with Crippen molar-refractivity contribution >= 4 is 23.7 Å². The van der Waals surface area contributed by atoms with Crippen LogP contribution in [0.4, 0.5) is 10.6 Å². The van der Waals surface area contributed by atoms with Gasteiger partial charge in [-0.1, -0.05) is 51.0 Å². The van der Waals surface area contributed by atoms with Crippen LogP contribution in [0.1, 0.15) is 102 Å². The van der Waals surface area contributed by atoms with Crippen molar-refractivity contribution in [3.05, 3.63) is 71.3 Å². The van der Waals surface area contributed by atoms with Crippen LogP contribution in [0.15, 0.2) is 54.6 Å². The Bertz CT molecular complexity index is 2310. The number of benzene rings is 2. The van der Waals surface area contributed by atoms with Crippen LogP contribution in [-0.2, 0) is 16.1 Å². The van der Waals surface area contributed by atoms with Crippen molar-refractivity contribution in [3.63, 3.8) is 0 Å². The molecule has 2 unspecified atom stereocenters. The molecule has 1 saturated carbocycles. The Kier molecular flexibility index (Phi) is 14.3. The van der Waals surface area contributed by atoms with Crippen molar-refractivity contribution in [2.45, 2.75) is 134 Å². The molecule has 1 aromatic heterocycles. The van der Waals surface area contributed by atoms with Crippen molar-refractivity contribution in [2.75, 3.05) is 64.2 Å². The highest BCUT2D eigenvalue weighted by Gasteiger charge is 2.47. The molecule has 15 nitrogen and oxygen atoms in total. The number of hydrogen-bond donors (Lipinski definition) is 5. The summed E-state index contributed by atoms with van der Waals surface area (Å²) in [6.45, 7) is 15.7. The number of aliphatic hydroxyl groups is 1. The summed E-state index contributed by atoms with van der Waals surface area (Å²) < 4.78 is 0. The minimum Gasteiger partial charge on any atom is -0.507 e. The summed E-state index contributed by atoms with van der Waals surface area (Å²) in [7, 11) is 0. The molecule has 15 heteroatoms. The number of phenolic OH excluding ortho intramolecular Hbond substituents is 1. The van der Waals surface area contributed by atoms with E-state index in [0.717, 1.165) is 73.9 Å². The zero-order chi connectivity index (χ0) is 47.7. The first-order valence-electron chi connectivity index (χ1n) is 25.3. The topological polar surface area (TPSA) is 170 Å². The fourth-order valence-corrected chi connectivity index (χ4v) is 12.3. The summed E-state index contributed by atoms with van der Waals surface area (Å²) in [5, 5.41) is 39.9. The van der Waals surface area contributed by atoms with Crippen LogP contribution in [0.3, 0.4) is 0 Å². The number of rotatable bonds is 10. The molecule has 9 rings (SSSR count). The molecule has 6 aliphatic rings. The highest BCUT2D eigenvalue weighted by Crippen LogP contribution is 2.45. The molecule has 6 atom stereocenters. The smallest absolute Gasteiger partial charge is 0.318 e. The summed E-state index contributed by atoms with van der Waals surface area (Å²) in [4.78, 5) is 52.7. The predicted octanol–water partition coefficient (Wildman–Crippen LogP) is 4.85. The SMILES string of the molecule is C#Cc1ccc(CNC(=O)[C@@H]2C[C@@H](O)CN2C(=O)[C@@H](NC(=O)N2CCN(CC3CCC(N4CCC(N5CCC6Nc7nnc(-c8ccccc8O)cc7C6[C@H]5C)CC4)CC3)CC2)C(C)(C)C)cc1. The molecule has 6 heterocycles. The zero-order valence-corrected chi connectivity index (χ0v) is 40.4. The van der Waals surface area contributed by atoms with Gasteiger partial charge in [-0.25, -0.2) is 4.79 Å². The quantitative estimate of drug-likeness (QED) is 0.177. The zero-order valence-electron chi connectivity index (χ0n) is 40.4. The van der Waals surface area contributed by atoms with Crippen molar-refractivity contribution in [1.82, 2.24) is 45.3 Å². The molecule has 5 N–H and O–H groups in total. The maximum absolute atomic E-state index is 14.2. The van der Waals surface area contributed by atoms with E-state index in [-0.39, 0.29) is 43.1 Å². The van der Waals surface area contributed by atoms with Crippen LogP contribution < -0.4 is 16.0 Å². The van der Waals surface area contributed by atoms with Gasteiger partial charge in [0.15, 0.2) is 5.82 Å². The fraction of sp³-hybridized carbons (Fsp3) is 0.604. The minimum absolute atomic E-state index is 0.0328. The summed E-state index contributed by atoms with van der Waals surface area (Å²) in [6.07, 6.45) is 13.2. The Hall–Kier alpha value is -5.27. The molecule has 0 spiro atoms. The summed E-state index contributed by atoms with van der Waals surface area (Å²) in [5.41, 5.74) is 3.66. The van der Waals surface area contributed by atoms with E-state index in [1.54, 1.807) is 6.07 Å². The number of phenols is 1. The van der Waals surface area contributed by atoms with Crippen LogP contribution in [0.5, 0.6) is 5.75 Å². The lowest BCUT2D eigenvalue weighted by Gasteiger charge is -2.49. The second kappa shape index (κ2) is 20.4. The number of likely N-dealkylation sites (tertiary alicyclic amines) is 3. The summed E-state index contributed by atoms with van der Waals surface area (Å²) in [6, 6.07) is 16.8. The number of piperidine rings is 2. The molecule has 5 aliphatic heterocycles. The lowest BCUT2D eigenvalue weighted by atomic mass is 9.81. The van der Waals surface area contributed by atoms with Gasteiger partial charge < -0.3 is 40.9 Å². The number of β-amino-alcohol motifs (C(OH)–C–C–N with tert-alkyl or cyclic N) is 1. The number of urea groups is 1. The third kappa shape index (κ3) is 10.3. The van der Waals surface area contributed by atoms with Gasteiger partial charge in [-0.05, 0) is 112 Å². The van der Waals surface area contributed by atoms with E-state index < -0.39 is 23.6 Å². The van der Waals surface area contributed by atoms with E-state index in [4.69, 9.17) is 6.42 Å². The molecule has 5 fully saturated rings. The number of carbonyl (C=O) groups is 3. The third-order valence-corrected chi connectivity index (χ3v) is 16.2. The van der Waals surface area contributed by atoms with Gasteiger partial charge in [0.05, 0.1) is 11.8 Å². The van der Waals surface area contributed by atoms with Crippen LogP contribution in [0, 0.1) is 23.7 Å². The van der Waals surface area contributed by atoms with E-state index in [9.17, 15) is 24.6 Å². The second-order valence-electron chi connectivity index (χ2n) is 21.5. The number of amides is 4. The third-order valence-electron chi connectivity index (χ3n) is 16.2. The molecule has 68 heavy (non-hydrogen) atoms. The predicted molar refractivity (Wildman–Crippen MR) is 263 cm³/mol. The van der Waals surface area contributed by atoms with Crippen LogP contribution >= 0.6 is 0 Å². The molecule has 0 radical (unpaired) electrons. The number of piperazine rings is 1. The molecule has 0 bridgehead atoms. The van der Waals surface area contributed by atoms with Gasteiger partial charge in [0.25, 0.3) is 0 Å². The molecular weight excluding hydrogens is 857 g/mol. The van der Waals surface area contributed by atoms with E-state index in [1.807, 2.05) is 68.1 Å². The maximum atomic E-state index is 14.2. The average Bonchev–Trinajstić information content (AvgIpc) is 3.93. The number of aliphatic hydroxyl groups excluding tert-OH is 1. The van der Waals surface area contributed by atoms with E-state index >= 15 is 0 Å². The van der Waals surface area contributed by atoms with Crippen LogP contribution in [0.2, 0.25) is 0 Å². The number of aromatic hydroxyl groups is 1. The number of anilines is 1.